The fraction of sp³-hybridized carbons (Fsp3) is 0.286. The van der Waals surface area contributed by atoms with Gasteiger partial charge in [0.25, 0.3) is 10.0 Å². The number of rotatable bonds is 11. The molecule has 9 heteroatoms. The van der Waals surface area contributed by atoms with Gasteiger partial charge in [0.05, 0.1) is 17.7 Å². The summed E-state index contributed by atoms with van der Waals surface area (Å²) in [7, 11) is -1.13. The van der Waals surface area contributed by atoms with Crippen molar-refractivity contribution in [2.45, 2.75) is 37.8 Å². The van der Waals surface area contributed by atoms with Gasteiger partial charge < -0.3 is 15.0 Å². The lowest BCUT2D eigenvalue weighted by Gasteiger charge is -2.33. The highest BCUT2D eigenvalue weighted by Gasteiger charge is 2.33. The zero-order valence-electron chi connectivity index (χ0n) is 21.5. The first kappa shape index (κ1) is 27.7. The molecule has 0 saturated carbocycles. The smallest absolute Gasteiger partial charge is 0.264 e. The van der Waals surface area contributed by atoms with Crippen LogP contribution < -0.4 is 14.4 Å². The molecule has 0 aliphatic rings. The lowest BCUT2D eigenvalue weighted by atomic mass is 10.1. The summed E-state index contributed by atoms with van der Waals surface area (Å²) in [5, 5.41) is 2.62. The summed E-state index contributed by atoms with van der Waals surface area (Å²) in [5.74, 6) is -0.370. The molecule has 0 fully saturated rings. The van der Waals surface area contributed by atoms with Crippen LogP contribution in [-0.4, -0.2) is 51.9 Å². The first-order valence-corrected chi connectivity index (χ1v) is 13.4. The number of aryl methyl sites for hydroxylation is 1. The second-order valence-electron chi connectivity index (χ2n) is 8.57. The predicted molar refractivity (Wildman–Crippen MR) is 144 cm³/mol. The van der Waals surface area contributed by atoms with E-state index in [2.05, 4.69) is 5.32 Å². The van der Waals surface area contributed by atoms with Crippen molar-refractivity contribution in [2.75, 3.05) is 25.0 Å². The monoisotopic (exact) mass is 523 g/mol. The van der Waals surface area contributed by atoms with E-state index in [1.807, 2.05) is 44.2 Å². The minimum atomic E-state index is -4.13. The fourth-order valence-corrected chi connectivity index (χ4v) is 5.40. The van der Waals surface area contributed by atoms with Gasteiger partial charge in [-0.15, -0.1) is 0 Å². The molecule has 8 nitrogen and oxygen atoms in total. The maximum absolute atomic E-state index is 13.8. The van der Waals surface area contributed by atoms with Crippen molar-refractivity contribution in [1.82, 2.24) is 10.2 Å². The number of nitrogens with zero attached hydrogens (tertiary/aromatic N) is 2. The molecule has 0 radical (unpaired) electrons. The van der Waals surface area contributed by atoms with Crippen molar-refractivity contribution >= 4 is 27.5 Å². The third-order valence-corrected chi connectivity index (χ3v) is 7.85. The van der Waals surface area contributed by atoms with Crippen LogP contribution in [0.2, 0.25) is 0 Å². The molecule has 37 heavy (non-hydrogen) atoms. The van der Waals surface area contributed by atoms with Crippen LogP contribution in [0.3, 0.4) is 0 Å². The van der Waals surface area contributed by atoms with Gasteiger partial charge in [-0.3, -0.25) is 13.9 Å². The van der Waals surface area contributed by atoms with Crippen LogP contribution in [0.4, 0.5) is 5.69 Å². The van der Waals surface area contributed by atoms with Crippen LogP contribution in [0.15, 0.2) is 83.8 Å². The third kappa shape index (κ3) is 6.68. The number of hydrogen-bond donors (Lipinski definition) is 1. The SMILES string of the molecule is CCC(C(=O)NC)N(Cc1ccccc1)C(=O)CN(c1cccc(OC)c1)S(=O)(=O)c1ccc(C)cc1. The Morgan fingerprint density at radius 3 is 2.24 bits per heavy atom. The van der Waals surface area contributed by atoms with Gasteiger partial charge >= 0.3 is 0 Å². The predicted octanol–water partition coefficient (Wildman–Crippen LogP) is 3.75. The summed E-state index contributed by atoms with van der Waals surface area (Å²) in [6.45, 7) is 3.34. The maximum Gasteiger partial charge on any atom is 0.264 e. The standard InChI is InChI=1S/C28H33N3O5S/c1-5-26(28(33)29-3)30(19-22-10-7-6-8-11-22)27(32)20-31(23-12-9-13-24(18-23)36-4)37(34,35)25-16-14-21(2)15-17-25/h6-18,26H,5,19-20H2,1-4H3,(H,29,33). The molecule has 0 spiro atoms. The molecule has 0 saturated heterocycles. The number of sulfonamides is 1. The van der Waals surface area contributed by atoms with Crippen molar-refractivity contribution in [1.29, 1.82) is 0 Å². The number of amides is 2. The normalized spacial score (nSPS) is 11.9. The van der Waals surface area contributed by atoms with Crippen LogP contribution in [0.25, 0.3) is 0 Å². The van der Waals surface area contributed by atoms with Crippen LogP contribution in [-0.2, 0) is 26.2 Å². The molecular weight excluding hydrogens is 490 g/mol. The van der Waals surface area contributed by atoms with Gasteiger partial charge in [0, 0.05) is 19.7 Å². The van der Waals surface area contributed by atoms with Crippen LogP contribution >= 0.6 is 0 Å². The van der Waals surface area contributed by atoms with Gasteiger partial charge in [0.2, 0.25) is 11.8 Å². The number of likely N-dealkylation sites (N-methyl/N-ethyl adjacent to an activating group) is 1. The Labute approximate surface area is 218 Å². The van der Waals surface area contributed by atoms with Gasteiger partial charge in [0.1, 0.15) is 18.3 Å². The van der Waals surface area contributed by atoms with Gasteiger partial charge in [-0.2, -0.15) is 0 Å². The Morgan fingerprint density at radius 1 is 0.973 bits per heavy atom. The van der Waals surface area contributed by atoms with E-state index >= 15 is 0 Å². The van der Waals surface area contributed by atoms with E-state index in [-0.39, 0.29) is 23.0 Å². The Kier molecular flexibility index (Phi) is 9.30. The van der Waals surface area contributed by atoms with Crippen molar-refractivity contribution in [3.63, 3.8) is 0 Å². The molecule has 0 bridgehead atoms. The molecule has 0 heterocycles. The van der Waals surface area contributed by atoms with Gasteiger partial charge in [-0.25, -0.2) is 8.42 Å². The molecule has 0 aliphatic heterocycles. The van der Waals surface area contributed by atoms with E-state index in [1.54, 1.807) is 36.4 Å². The number of carbonyl (C=O) groups excluding carboxylic acids is 2. The molecule has 3 aromatic carbocycles. The quantitative estimate of drug-likeness (QED) is 0.413. The minimum Gasteiger partial charge on any atom is -0.497 e. The summed E-state index contributed by atoms with van der Waals surface area (Å²) in [6, 6.07) is 21.5. The average Bonchev–Trinajstić information content (AvgIpc) is 2.92. The zero-order valence-corrected chi connectivity index (χ0v) is 22.4. The lowest BCUT2D eigenvalue weighted by molar-refractivity contribution is -0.140. The van der Waals surface area contributed by atoms with Crippen LogP contribution in [0, 0.1) is 6.92 Å². The van der Waals surface area contributed by atoms with Crippen molar-refractivity contribution in [3.8, 4) is 5.75 Å². The first-order valence-electron chi connectivity index (χ1n) is 12.0. The Hall–Kier alpha value is -3.85. The number of methoxy groups -OCH3 is 1. The van der Waals surface area contributed by atoms with E-state index in [0.29, 0.717) is 12.2 Å². The van der Waals surface area contributed by atoms with Crippen molar-refractivity contribution in [3.05, 3.63) is 90.0 Å². The van der Waals surface area contributed by atoms with Gasteiger partial charge in [-0.1, -0.05) is 61.0 Å². The number of nitrogens with one attached hydrogen (secondary N) is 1. The molecule has 3 aromatic rings. The lowest BCUT2D eigenvalue weighted by Crippen LogP contribution is -2.51. The Bertz CT molecular complexity index is 1310. The van der Waals surface area contributed by atoms with Crippen LogP contribution in [0.5, 0.6) is 5.75 Å². The number of benzene rings is 3. The summed E-state index contributed by atoms with van der Waals surface area (Å²) in [4.78, 5) is 28.1. The molecule has 3 rings (SSSR count). The van der Waals surface area contributed by atoms with E-state index in [9.17, 15) is 18.0 Å². The van der Waals surface area contributed by atoms with E-state index in [1.165, 1.54) is 31.2 Å². The molecule has 0 aliphatic carbocycles. The number of hydrogen-bond acceptors (Lipinski definition) is 5. The van der Waals surface area contributed by atoms with Gasteiger partial charge in [0.15, 0.2) is 0 Å². The Morgan fingerprint density at radius 2 is 1.65 bits per heavy atom. The van der Waals surface area contributed by atoms with Gasteiger partial charge in [-0.05, 0) is 43.2 Å². The van der Waals surface area contributed by atoms with Crippen molar-refractivity contribution < 1.29 is 22.7 Å². The highest BCUT2D eigenvalue weighted by Crippen LogP contribution is 2.28. The summed E-state index contributed by atoms with van der Waals surface area (Å²) in [6.07, 6.45) is 0.363. The van der Waals surface area contributed by atoms with E-state index in [0.717, 1.165) is 15.4 Å². The zero-order chi connectivity index (χ0) is 27.0. The molecule has 2 amide bonds. The Balaban J connectivity index is 2.07. The fourth-order valence-electron chi connectivity index (χ4n) is 4.00. The third-order valence-electron chi connectivity index (χ3n) is 6.06. The molecule has 1 N–H and O–H groups in total. The molecule has 196 valence electrons. The minimum absolute atomic E-state index is 0.0571. The maximum atomic E-state index is 13.8. The first-order chi connectivity index (χ1) is 17.7. The highest BCUT2D eigenvalue weighted by atomic mass is 32.2. The van der Waals surface area contributed by atoms with Crippen molar-refractivity contribution in [2.24, 2.45) is 0 Å². The second kappa shape index (κ2) is 12.4. The number of carbonyl (C=O) groups is 2. The molecular formula is C28H33N3O5S. The largest absolute Gasteiger partial charge is 0.497 e. The topological polar surface area (TPSA) is 96.0 Å². The summed E-state index contributed by atoms with van der Waals surface area (Å²) in [5.41, 5.74) is 2.02. The molecule has 1 unspecified atom stereocenters. The van der Waals surface area contributed by atoms with E-state index in [4.69, 9.17) is 4.74 Å². The molecule has 1 atom stereocenters. The summed E-state index contributed by atoms with van der Waals surface area (Å²) < 4.78 is 34.0. The second-order valence-corrected chi connectivity index (χ2v) is 10.4. The van der Waals surface area contributed by atoms with E-state index < -0.39 is 28.5 Å². The van der Waals surface area contributed by atoms with Crippen LogP contribution in [0.1, 0.15) is 24.5 Å². The number of ether oxygens (including phenoxy) is 1. The summed E-state index contributed by atoms with van der Waals surface area (Å²) >= 11 is 0. The average molecular weight is 524 g/mol. The highest BCUT2D eigenvalue weighted by molar-refractivity contribution is 7.92. The molecule has 0 aromatic heterocycles. The number of anilines is 1.